The van der Waals surface area contributed by atoms with E-state index in [0.717, 1.165) is 40.3 Å². The number of benzene rings is 1. The van der Waals surface area contributed by atoms with Crippen molar-refractivity contribution < 1.29 is 9.47 Å². The second-order valence-electron chi connectivity index (χ2n) is 9.86. The summed E-state index contributed by atoms with van der Waals surface area (Å²) in [5.74, 6) is 4.56. The molecule has 3 nitrogen and oxygen atoms in total. The van der Waals surface area contributed by atoms with Crippen LogP contribution in [-0.4, -0.2) is 13.2 Å². The smallest absolute Gasteiger partial charge is 0.175 e. The highest BCUT2D eigenvalue weighted by molar-refractivity contribution is 9.10. The lowest BCUT2D eigenvalue weighted by Crippen LogP contribution is -2.54. The van der Waals surface area contributed by atoms with Crippen LogP contribution in [0.15, 0.2) is 34.1 Å². The van der Waals surface area contributed by atoms with Crippen LogP contribution in [0, 0.1) is 23.2 Å². The first-order chi connectivity index (χ1) is 14.5. The molecule has 4 aliphatic carbocycles. The van der Waals surface area contributed by atoms with Crippen LogP contribution >= 0.6 is 39.7 Å². The molecule has 0 amide bonds. The van der Waals surface area contributed by atoms with Crippen molar-refractivity contribution in [2.24, 2.45) is 23.2 Å². The Morgan fingerprint density at radius 3 is 2.42 bits per heavy atom. The van der Waals surface area contributed by atoms with Gasteiger partial charge in [0.2, 0.25) is 0 Å². The molecule has 6 heteroatoms. The maximum atomic E-state index is 6.07. The van der Waals surface area contributed by atoms with E-state index < -0.39 is 0 Å². The Hall–Kier alpha value is -0.750. The van der Waals surface area contributed by atoms with Gasteiger partial charge >= 0.3 is 0 Å². The molecule has 4 bridgehead atoms. The zero-order chi connectivity index (χ0) is 20.7. The third kappa shape index (κ3) is 4.80. The van der Waals surface area contributed by atoms with Gasteiger partial charge in [-0.1, -0.05) is 6.07 Å². The standard InChI is InChI=1S/C25H32BrNO2S.ClH/c1-16(25-11-17-6-18(12-25)8-19(7-17)13-25)27-14-20-9-22(26)24(23(10-20)28-2)29-15-21-4-3-5-30-21;/h3-5,9-10,16-19,27H,6-8,11-15H2,1-2H3;1H. The van der Waals surface area contributed by atoms with Gasteiger partial charge in [0.15, 0.2) is 11.5 Å². The van der Waals surface area contributed by atoms with E-state index in [1.54, 1.807) is 18.4 Å². The predicted molar refractivity (Wildman–Crippen MR) is 133 cm³/mol. The molecule has 0 saturated heterocycles. The maximum absolute atomic E-state index is 6.07. The van der Waals surface area contributed by atoms with Crippen LogP contribution < -0.4 is 14.8 Å². The van der Waals surface area contributed by atoms with E-state index in [-0.39, 0.29) is 12.4 Å². The first-order valence-electron chi connectivity index (χ1n) is 11.3. The van der Waals surface area contributed by atoms with E-state index >= 15 is 0 Å². The maximum Gasteiger partial charge on any atom is 0.175 e. The minimum atomic E-state index is 0. The van der Waals surface area contributed by atoms with Crippen molar-refractivity contribution >= 4 is 39.7 Å². The van der Waals surface area contributed by atoms with Crippen LogP contribution in [0.5, 0.6) is 11.5 Å². The zero-order valence-corrected chi connectivity index (χ0v) is 21.6. The summed E-state index contributed by atoms with van der Waals surface area (Å²) in [6.45, 7) is 3.86. The van der Waals surface area contributed by atoms with Crippen LogP contribution in [0.25, 0.3) is 0 Å². The molecule has 4 saturated carbocycles. The number of rotatable bonds is 8. The van der Waals surface area contributed by atoms with Gasteiger partial charge in [-0.2, -0.15) is 0 Å². The monoisotopic (exact) mass is 525 g/mol. The van der Waals surface area contributed by atoms with E-state index in [4.69, 9.17) is 9.47 Å². The summed E-state index contributed by atoms with van der Waals surface area (Å²) in [4.78, 5) is 1.21. The molecule has 0 spiro atoms. The number of thiophene rings is 1. The van der Waals surface area contributed by atoms with Gasteiger partial charge in [0.1, 0.15) is 6.61 Å². The molecule has 31 heavy (non-hydrogen) atoms. The van der Waals surface area contributed by atoms with Crippen LogP contribution in [-0.2, 0) is 13.2 Å². The lowest BCUT2D eigenvalue weighted by atomic mass is 9.48. The molecular weight excluding hydrogens is 494 g/mol. The van der Waals surface area contributed by atoms with Crippen LogP contribution in [0.3, 0.4) is 0 Å². The molecule has 170 valence electrons. The molecule has 1 unspecified atom stereocenters. The van der Waals surface area contributed by atoms with E-state index in [2.05, 4.69) is 57.8 Å². The number of hydrogen-bond donors (Lipinski definition) is 1. The Balaban J connectivity index is 0.00000231. The summed E-state index contributed by atoms with van der Waals surface area (Å²) in [7, 11) is 1.72. The highest BCUT2D eigenvalue weighted by Crippen LogP contribution is 2.61. The average Bonchev–Trinajstić information content (AvgIpc) is 3.23. The van der Waals surface area contributed by atoms with Gasteiger partial charge in [-0.05, 0) is 114 Å². The molecule has 1 aromatic heterocycles. The first-order valence-corrected chi connectivity index (χ1v) is 13.0. The van der Waals surface area contributed by atoms with Gasteiger partial charge in [-0.15, -0.1) is 23.7 Å². The lowest BCUT2D eigenvalue weighted by molar-refractivity contribution is -0.0706. The number of halogens is 2. The topological polar surface area (TPSA) is 30.5 Å². The summed E-state index contributed by atoms with van der Waals surface area (Å²) in [6, 6.07) is 9.00. The fourth-order valence-corrected chi connectivity index (χ4v) is 7.97. The van der Waals surface area contributed by atoms with Gasteiger partial charge in [-0.25, -0.2) is 0 Å². The SMILES string of the molecule is COc1cc(CNC(C)C23CC4CC(CC(C4)C2)C3)cc(Br)c1OCc1cccs1.Cl. The normalized spacial score (nSPS) is 29.5. The Kier molecular flexibility index (Phi) is 7.27. The second kappa shape index (κ2) is 9.62. The molecular formula is C25H33BrClNO2S. The molecule has 2 aromatic rings. The Morgan fingerprint density at radius 1 is 1.16 bits per heavy atom. The lowest BCUT2D eigenvalue weighted by Gasteiger charge is -2.59. The third-order valence-electron chi connectivity index (χ3n) is 7.84. The van der Waals surface area contributed by atoms with Crippen molar-refractivity contribution in [1.82, 2.24) is 5.32 Å². The summed E-state index contributed by atoms with van der Waals surface area (Å²) < 4.78 is 12.7. The van der Waals surface area contributed by atoms with Crippen molar-refractivity contribution in [3.63, 3.8) is 0 Å². The molecule has 6 rings (SSSR count). The van der Waals surface area contributed by atoms with Gasteiger partial charge in [0.25, 0.3) is 0 Å². The number of nitrogens with one attached hydrogen (secondary N) is 1. The van der Waals surface area contributed by atoms with E-state index in [0.29, 0.717) is 18.1 Å². The second-order valence-corrected chi connectivity index (χ2v) is 11.7. The van der Waals surface area contributed by atoms with Crippen molar-refractivity contribution in [3.8, 4) is 11.5 Å². The third-order valence-corrected chi connectivity index (χ3v) is 9.28. The minimum Gasteiger partial charge on any atom is -0.493 e. The summed E-state index contributed by atoms with van der Waals surface area (Å²) >= 11 is 5.42. The quantitative estimate of drug-likeness (QED) is 0.394. The molecule has 1 atom stereocenters. The van der Waals surface area contributed by atoms with Gasteiger partial charge < -0.3 is 14.8 Å². The largest absolute Gasteiger partial charge is 0.493 e. The minimum absolute atomic E-state index is 0. The summed E-state index contributed by atoms with van der Waals surface area (Å²) in [5, 5.41) is 5.97. The molecule has 4 aliphatic rings. The molecule has 0 radical (unpaired) electrons. The zero-order valence-electron chi connectivity index (χ0n) is 18.4. The number of hydrogen-bond acceptors (Lipinski definition) is 4. The highest BCUT2D eigenvalue weighted by atomic mass is 79.9. The van der Waals surface area contributed by atoms with Gasteiger partial charge in [0.05, 0.1) is 11.6 Å². The predicted octanol–water partition coefficient (Wildman–Crippen LogP) is 7.21. The molecule has 1 aromatic carbocycles. The van der Waals surface area contributed by atoms with E-state index in [1.807, 2.05) is 0 Å². The number of ether oxygens (including phenoxy) is 2. The Labute approximate surface area is 204 Å². The molecule has 4 fully saturated rings. The number of methoxy groups -OCH3 is 1. The van der Waals surface area contributed by atoms with Gasteiger partial charge in [0, 0.05) is 17.5 Å². The molecule has 1 heterocycles. The van der Waals surface area contributed by atoms with E-state index in [1.165, 1.54) is 49.0 Å². The molecule has 0 aliphatic heterocycles. The fraction of sp³-hybridized carbons (Fsp3) is 0.600. The first kappa shape index (κ1) is 23.4. The van der Waals surface area contributed by atoms with Gasteiger partial charge in [-0.3, -0.25) is 0 Å². The van der Waals surface area contributed by atoms with E-state index in [9.17, 15) is 0 Å². The van der Waals surface area contributed by atoms with Crippen LogP contribution in [0.1, 0.15) is 55.9 Å². The van der Waals surface area contributed by atoms with Crippen LogP contribution in [0.2, 0.25) is 0 Å². The van der Waals surface area contributed by atoms with Crippen molar-refractivity contribution in [2.75, 3.05) is 7.11 Å². The van der Waals surface area contributed by atoms with Crippen LogP contribution in [0.4, 0.5) is 0 Å². The average molecular weight is 527 g/mol. The van der Waals surface area contributed by atoms with Crippen molar-refractivity contribution in [1.29, 1.82) is 0 Å². The summed E-state index contributed by atoms with van der Waals surface area (Å²) in [6.07, 6.45) is 8.83. The highest BCUT2D eigenvalue weighted by Gasteiger charge is 2.52. The molecule has 1 N–H and O–H groups in total. The Morgan fingerprint density at radius 2 is 1.84 bits per heavy atom. The van der Waals surface area contributed by atoms with Crippen molar-refractivity contribution in [2.45, 2.75) is 64.6 Å². The van der Waals surface area contributed by atoms with Crippen molar-refractivity contribution in [3.05, 3.63) is 44.6 Å². The summed E-state index contributed by atoms with van der Waals surface area (Å²) in [5.41, 5.74) is 1.76. The fourth-order valence-electron chi connectivity index (χ4n) is 6.75. The Bertz CT molecular complexity index is 853.